The zero-order valence-electron chi connectivity index (χ0n) is 8.99. The molecule has 1 rings (SSSR count). The van der Waals surface area contributed by atoms with Gasteiger partial charge in [0.2, 0.25) is 0 Å². The highest BCUT2D eigenvalue weighted by Gasteiger charge is 2.08. The van der Waals surface area contributed by atoms with E-state index >= 15 is 0 Å². The normalized spacial score (nSPS) is 12.4. The molecule has 0 aromatic carbocycles. The van der Waals surface area contributed by atoms with Crippen LogP contribution < -0.4 is 5.32 Å². The third-order valence-electron chi connectivity index (χ3n) is 2.04. The molecule has 1 heterocycles. The molecule has 1 unspecified atom stereocenters. The number of hydrogen-bond donors (Lipinski definition) is 2. The fourth-order valence-corrected chi connectivity index (χ4v) is 1.99. The van der Waals surface area contributed by atoms with E-state index in [0.717, 1.165) is 17.2 Å². The molecular formula is C10H16N2O2S. The Kier molecular flexibility index (Phi) is 4.55. The average Bonchev–Trinajstić information content (AvgIpc) is 2.61. The number of carboxylic acids is 1. The van der Waals surface area contributed by atoms with Crippen LogP contribution in [0.1, 0.15) is 26.0 Å². The van der Waals surface area contributed by atoms with Crippen LogP contribution in [0.3, 0.4) is 0 Å². The monoisotopic (exact) mass is 228 g/mol. The number of carbonyl (C=O) groups is 1. The van der Waals surface area contributed by atoms with Crippen molar-refractivity contribution < 1.29 is 9.90 Å². The third kappa shape index (κ3) is 4.29. The van der Waals surface area contributed by atoms with Gasteiger partial charge in [-0.1, -0.05) is 13.8 Å². The predicted molar refractivity (Wildman–Crippen MR) is 61.4 cm³/mol. The van der Waals surface area contributed by atoms with Gasteiger partial charge >= 0.3 is 5.97 Å². The van der Waals surface area contributed by atoms with Gasteiger partial charge in [0, 0.05) is 18.3 Å². The number of hydrogen-bond acceptors (Lipinski definition) is 4. The molecule has 0 amide bonds. The van der Waals surface area contributed by atoms with Crippen LogP contribution in [0.2, 0.25) is 0 Å². The molecule has 0 aliphatic carbocycles. The van der Waals surface area contributed by atoms with E-state index in [1.807, 2.05) is 12.3 Å². The summed E-state index contributed by atoms with van der Waals surface area (Å²) >= 11 is 1.57. The zero-order valence-corrected chi connectivity index (χ0v) is 9.80. The molecule has 0 aliphatic heterocycles. The minimum absolute atomic E-state index is 0.122. The van der Waals surface area contributed by atoms with Crippen LogP contribution in [-0.2, 0) is 11.2 Å². The Morgan fingerprint density at radius 1 is 1.73 bits per heavy atom. The van der Waals surface area contributed by atoms with Crippen molar-refractivity contribution in [1.29, 1.82) is 0 Å². The lowest BCUT2D eigenvalue weighted by Crippen LogP contribution is -2.14. The molecule has 1 aromatic heterocycles. The Balaban J connectivity index is 2.33. The minimum Gasteiger partial charge on any atom is -0.481 e. The van der Waals surface area contributed by atoms with E-state index in [-0.39, 0.29) is 12.3 Å². The Morgan fingerprint density at radius 2 is 2.47 bits per heavy atom. The molecule has 0 saturated carbocycles. The summed E-state index contributed by atoms with van der Waals surface area (Å²) in [6.45, 7) is 4.63. The number of nitrogens with one attached hydrogen (secondary N) is 1. The third-order valence-corrected chi connectivity index (χ3v) is 2.89. The number of nitrogens with zero attached hydrogens (tertiary/aromatic N) is 1. The number of aromatic nitrogens is 1. The first-order valence-electron chi connectivity index (χ1n) is 5.02. The maximum atomic E-state index is 10.4. The molecule has 84 valence electrons. The second kappa shape index (κ2) is 5.70. The van der Waals surface area contributed by atoms with E-state index in [1.165, 1.54) is 0 Å². The Morgan fingerprint density at radius 3 is 3.00 bits per heavy atom. The summed E-state index contributed by atoms with van der Waals surface area (Å²) in [4.78, 5) is 14.8. The molecule has 2 N–H and O–H groups in total. The van der Waals surface area contributed by atoms with Crippen molar-refractivity contribution in [3.8, 4) is 0 Å². The Bertz CT molecular complexity index is 325. The molecule has 0 spiro atoms. The van der Waals surface area contributed by atoms with Crippen molar-refractivity contribution in [1.82, 2.24) is 4.98 Å². The van der Waals surface area contributed by atoms with Crippen LogP contribution in [0.5, 0.6) is 0 Å². The largest absolute Gasteiger partial charge is 0.481 e. The number of carboxylic acid groups (broad SMARTS) is 1. The van der Waals surface area contributed by atoms with Crippen molar-refractivity contribution >= 4 is 22.4 Å². The van der Waals surface area contributed by atoms with E-state index in [4.69, 9.17) is 5.11 Å². The van der Waals surface area contributed by atoms with E-state index in [1.54, 1.807) is 11.3 Å². The molecule has 1 aromatic rings. The number of thiazole rings is 1. The SMILES string of the molecule is CCc1csc(NCC(C)CC(=O)O)n1. The highest BCUT2D eigenvalue weighted by Crippen LogP contribution is 2.16. The first kappa shape index (κ1) is 12.0. The zero-order chi connectivity index (χ0) is 11.3. The molecule has 5 heteroatoms. The lowest BCUT2D eigenvalue weighted by Gasteiger charge is -2.08. The number of aliphatic carboxylic acids is 1. The van der Waals surface area contributed by atoms with Crippen molar-refractivity contribution in [3.05, 3.63) is 11.1 Å². The van der Waals surface area contributed by atoms with Gasteiger partial charge in [-0.15, -0.1) is 11.3 Å². The number of anilines is 1. The lowest BCUT2D eigenvalue weighted by atomic mass is 10.1. The second-order valence-corrected chi connectivity index (χ2v) is 4.44. The topological polar surface area (TPSA) is 62.2 Å². The van der Waals surface area contributed by atoms with Gasteiger partial charge in [0.15, 0.2) is 5.13 Å². The van der Waals surface area contributed by atoms with Gasteiger partial charge in [0.05, 0.1) is 5.69 Å². The van der Waals surface area contributed by atoms with Crippen molar-refractivity contribution in [2.75, 3.05) is 11.9 Å². The minimum atomic E-state index is -0.752. The maximum Gasteiger partial charge on any atom is 0.303 e. The van der Waals surface area contributed by atoms with Crippen LogP contribution >= 0.6 is 11.3 Å². The summed E-state index contributed by atoms with van der Waals surface area (Å²) in [7, 11) is 0. The average molecular weight is 228 g/mol. The van der Waals surface area contributed by atoms with Crippen LogP contribution in [0.15, 0.2) is 5.38 Å². The number of aryl methyl sites for hydroxylation is 1. The molecular weight excluding hydrogens is 212 g/mol. The molecule has 0 aliphatic rings. The maximum absolute atomic E-state index is 10.4. The van der Waals surface area contributed by atoms with Crippen LogP contribution in [-0.4, -0.2) is 22.6 Å². The summed E-state index contributed by atoms with van der Waals surface area (Å²) in [5.41, 5.74) is 1.08. The van der Waals surface area contributed by atoms with Gasteiger partial charge < -0.3 is 10.4 Å². The van der Waals surface area contributed by atoms with Gasteiger partial charge in [0.25, 0.3) is 0 Å². The van der Waals surface area contributed by atoms with Gasteiger partial charge in [-0.3, -0.25) is 4.79 Å². The quantitative estimate of drug-likeness (QED) is 0.783. The standard InChI is InChI=1S/C10H16N2O2S/c1-3-8-6-15-10(12-8)11-5-7(2)4-9(13)14/h6-7H,3-5H2,1-2H3,(H,11,12)(H,13,14). The molecule has 1 atom stereocenters. The Hall–Kier alpha value is -1.10. The summed E-state index contributed by atoms with van der Waals surface area (Å²) < 4.78 is 0. The highest BCUT2D eigenvalue weighted by atomic mass is 32.1. The van der Waals surface area contributed by atoms with Crippen molar-refractivity contribution in [3.63, 3.8) is 0 Å². The van der Waals surface area contributed by atoms with E-state index in [2.05, 4.69) is 17.2 Å². The van der Waals surface area contributed by atoms with E-state index < -0.39 is 5.97 Å². The fraction of sp³-hybridized carbons (Fsp3) is 0.600. The molecule has 0 saturated heterocycles. The molecule has 0 bridgehead atoms. The molecule has 4 nitrogen and oxygen atoms in total. The van der Waals surface area contributed by atoms with Crippen LogP contribution in [0.25, 0.3) is 0 Å². The first-order valence-corrected chi connectivity index (χ1v) is 5.89. The van der Waals surface area contributed by atoms with Crippen molar-refractivity contribution in [2.24, 2.45) is 5.92 Å². The summed E-state index contributed by atoms with van der Waals surface area (Å²) in [6, 6.07) is 0. The number of rotatable bonds is 6. The summed E-state index contributed by atoms with van der Waals surface area (Å²) in [5.74, 6) is -0.630. The fourth-order valence-electron chi connectivity index (χ4n) is 1.18. The van der Waals surface area contributed by atoms with Gasteiger partial charge in [-0.05, 0) is 12.3 Å². The predicted octanol–water partition coefficient (Wildman–Crippen LogP) is 2.23. The van der Waals surface area contributed by atoms with Gasteiger partial charge in [-0.2, -0.15) is 0 Å². The van der Waals surface area contributed by atoms with Crippen LogP contribution in [0.4, 0.5) is 5.13 Å². The molecule has 0 fully saturated rings. The smallest absolute Gasteiger partial charge is 0.303 e. The van der Waals surface area contributed by atoms with E-state index in [0.29, 0.717) is 6.54 Å². The summed E-state index contributed by atoms with van der Waals surface area (Å²) in [5, 5.41) is 14.6. The Labute approximate surface area is 93.4 Å². The van der Waals surface area contributed by atoms with E-state index in [9.17, 15) is 4.79 Å². The van der Waals surface area contributed by atoms with Crippen LogP contribution in [0, 0.1) is 5.92 Å². The first-order chi connectivity index (χ1) is 7.11. The van der Waals surface area contributed by atoms with Gasteiger partial charge in [-0.25, -0.2) is 4.98 Å². The summed E-state index contributed by atoms with van der Waals surface area (Å²) in [6.07, 6.45) is 1.13. The lowest BCUT2D eigenvalue weighted by molar-refractivity contribution is -0.137. The highest BCUT2D eigenvalue weighted by molar-refractivity contribution is 7.13. The molecule has 15 heavy (non-hydrogen) atoms. The van der Waals surface area contributed by atoms with Crippen molar-refractivity contribution in [2.45, 2.75) is 26.7 Å². The second-order valence-electron chi connectivity index (χ2n) is 3.58. The van der Waals surface area contributed by atoms with Gasteiger partial charge in [0.1, 0.15) is 0 Å². The molecule has 0 radical (unpaired) electrons.